The Balaban J connectivity index is 1.17. The molecule has 0 fully saturated rings. The molecule has 0 spiro atoms. The molecule has 0 aliphatic heterocycles. The van der Waals surface area contributed by atoms with E-state index in [2.05, 4.69) is 285 Å². The van der Waals surface area contributed by atoms with E-state index < -0.39 is 0 Å². The van der Waals surface area contributed by atoms with Crippen molar-refractivity contribution in [3.05, 3.63) is 266 Å². The second-order valence-electron chi connectivity index (χ2n) is 20.9. The van der Waals surface area contributed by atoms with E-state index in [1.54, 1.807) is 11.3 Å². The van der Waals surface area contributed by atoms with Crippen molar-refractivity contribution in [2.24, 2.45) is 0 Å². The molecule has 17 aromatic rings. The van der Waals surface area contributed by atoms with Gasteiger partial charge in [0.2, 0.25) is 0 Å². The number of nitriles is 2. The maximum atomic E-state index is 12.9. The zero-order valence-corrected chi connectivity index (χ0v) is 44.2. The summed E-state index contributed by atoms with van der Waals surface area (Å²) < 4.78 is 11.5. The van der Waals surface area contributed by atoms with Gasteiger partial charge in [0.15, 0.2) is 0 Å². The maximum absolute atomic E-state index is 12.9. The van der Waals surface area contributed by atoms with Crippen molar-refractivity contribution in [2.75, 3.05) is 0 Å². The third-order valence-electron chi connectivity index (χ3n) is 16.9. The summed E-state index contributed by atoms with van der Waals surface area (Å²) in [4.78, 5) is 0. The standard InChI is InChI=1S/C74H42N6S/c75-43-57-70(77-59-33-13-6-25-48(59)49-26-7-14-34-60(49)77)71(78-61-35-15-8-27-50(61)51-28-9-16-36-62(51)78)58(44-76)73(72(57)79-63-37-17-10-29-52(63)53-30-11-18-38-64(53)79)80-65-39-20-32-55(47-24-5-4-23-46(47)45-21-2-1-3-22-45)68(65)69-66(80)42-41-56-54-31-12-19-40-67(54)81-74(56)69/h1-42H. The smallest absolute Gasteiger partial charge is 0.104 e. The van der Waals surface area contributed by atoms with E-state index >= 15 is 0 Å². The fraction of sp³-hybridized carbons (Fsp3) is 0. The Morgan fingerprint density at radius 2 is 0.605 bits per heavy atom. The topological polar surface area (TPSA) is 67.3 Å². The van der Waals surface area contributed by atoms with Crippen LogP contribution < -0.4 is 0 Å². The lowest BCUT2D eigenvalue weighted by Gasteiger charge is -2.27. The third kappa shape index (κ3) is 6.18. The summed E-state index contributed by atoms with van der Waals surface area (Å²) in [6.45, 7) is 0. The third-order valence-corrected chi connectivity index (χ3v) is 18.1. The highest BCUT2D eigenvalue weighted by Gasteiger charge is 2.35. The van der Waals surface area contributed by atoms with Crippen LogP contribution in [0, 0.1) is 22.7 Å². The number of rotatable bonds is 6. The van der Waals surface area contributed by atoms with Crippen LogP contribution in [0.1, 0.15) is 11.1 Å². The summed E-state index contributed by atoms with van der Waals surface area (Å²) >= 11 is 1.81. The number of fused-ring (bicyclic) bond motifs is 16. The Bertz CT molecular complexity index is 5470. The van der Waals surface area contributed by atoms with Gasteiger partial charge in [-0.3, -0.25) is 0 Å². The first kappa shape index (κ1) is 45.1. The van der Waals surface area contributed by atoms with E-state index in [1.165, 1.54) is 15.5 Å². The lowest BCUT2D eigenvalue weighted by atomic mass is 9.92. The monoisotopic (exact) mass is 1050 g/mol. The number of hydrogen-bond acceptors (Lipinski definition) is 3. The van der Waals surface area contributed by atoms with Crippen molar-refractivity contribution in [3.63, 3.8) is 0 Å². The molecular formula is C74H42N6S. The Morgan fingerprint density at radius 3 is 1.06 bits per heavy atom. The molecule has 0 bridgehead atoms. The first-order valence-corrected chi connectivity index (χ1v) is 28.0. The molecule has 5 heterocycles. The van der Waals surface area contributed by atoms with Gasteiger partial charge < -0.3 is 18.3 Å². The molecular weight excluding hydrogens is 1000 g/mol. The Hall–Kier alpha value is -11.0. The average Bonchev–Trinajstić information content (AvgIpc) is 4.31. The highest BCUT2D eigenvalue weighted by Crippen LogP contribution is 2.52. The van der Waals surface area contributed by atoms with E-state index in [0.29, 0.717) is 33.9 Å². The average molecular weight is 1050 g/mol. The summed E-state index contributed by atoms with van der Waals surface area (Å²) in [5.41, 5.74) is 15.1. The fourth-order valence-corrected chi connectivity index (χ4v) is 14.9. The first-order valence-electron chi connectivity index (χ1n) is 27.2. The zero-order chi connectivity index (χ0) is 53.4. The van der Waals surface area contributed by atoms with Crippen LogP contribution in [0.5, 0.6) is 0 Å². The lowest BCUT2D eigenvalue weighted by Crippen LogP contribution is -2.16. The largest absolute Gasteiger partial charge is 0.306 e. The van der Waals surface area contributed by atoms with Crippen molar-refractivity contribution >= 4 is 119 Å². The van der Waals surface area contributed by atoms with Gasteiger partial charge >= 0.3 is 0 Å². The summed E-state index contributed by atoms with van der Waals surface area (Å²) in [5, 5.41) is 36.5. The summed E-state index contributed by atoms with van der Waals surface area (Å²) in [6.07, 6.45) is 0. The Labute approximate surface area is 467 Å². The maximum Gasteiger partial charge on any atom is 0.104 e. The Kier molecular flexibility index (Phi) is 9.62. The number of nitrogens with zero attached hydrogens (tertiary/aromatic N) is 6. The van der Waals surface area contributed by atoms with Crippen LogP contribution >= 0.6 is 11.3 Å². The first-order chi connectivity index (χ1) is 40.2. The molecule has 12 aromatic carbocycles. The van der Waals surface area contributed by atoms with Gasteiger partial charge in [-0.15, -0.1) is 11.3 Å². The molecule has 0 atom stereocenters. The van der Waals surface area contributed by atoms with Crippen LogP contribution in [0.2, 0.25) is 0 Å². The van der Waals surface area contributed by atoms with Crippen LogP contribution in [0.25, 0.3) is 152 Å². The van der Waals surface area contributed by atoms with Gasteiger partial charge in [-0.1, -0.05) is 200 Å². The molecule has 7 heteroatoms. The highest BCUT2D eigenvalue weighted by atomic mass is 32.1. The predicted molar refractivity (Wildman–Crippen MR) is 337 cm³/mol. The minimum Gasteiger partial charge on any atom is -0.306 e. The summed E-state index contributed by atoms with van der Waals surface area (Å²) in [6, 6.07) is 95.9. The van der Waals surface area contributed by atoms with E-state index in [1.807, 2.05) is 0 Å². The van der Waals surface area contributed by atoms with Crippen molar-refractivity contribution < 1.29 is 0 Å². The van der Waals surface area contributed by atoms with Gasteiger partial charge in [-0.25, -0.2) is 0 Å². The lowest BCUT2D eigenvalue weighted by molar-refractivity contribution is 1.02. The normalized spacial score (nSPS) is 11.9. The molecule has 6 nitrogen and oxygen atoms in total. The van der Waals surface area contributed by atoms with E-state index in [4.69, 9.17) is 0 Å². The van der Waals surface area contributed by atoms with Crippen molar-refractivity contribution in [2.45, 2.75) is 0 Å². The number of thiophene rings is 1. The quantitative estimate of drug-likeness (QED) is 0.167. The van der Waals surface area contributed by atoms with Crippen LogP contribution in [0.3, 0.4) is 0 Å². The second kappa shape index (κ2) is 17.3. The molecule has 0 radical (unpaired) electrons. The van der Waals surface area contributed by atoms with Crippen LogP contribution in [-0.2, 0) is 0 Å². The molecule has 17 rings (SSSR count). The number of hydrogen-bond donors (Lipinski definition) is 0. The summed E-state index contributed by atoms with van der Waals surface area (Å²) in [5.74, 6) is 0. The van der Waals surface area contributed by atoms with Crippen LogP contribution in [0.4, 0.5) is 0 Å². The minimum atomic E-state index is 0.416. The van der Waals surface area contributed by atoms with Gasteiger partial charge in [-0.05, 0) is 76.9 Å². The Morgan fingerprint density at radius 1 is 0.259 bits per heavy atom. The van der Waals surface area contributed by atoms with Gasteiger partial charge in [0.1, 0.15) is 23.3 Å². The molecule has 0 aliphatic carbocycles. The zero-order valence-electron chi connectivity index (χ0n) is 43.3. The number of para-hydroxylation sites is 6. The SMILES string of the molecule is N#Cc1c(-n2c3ccccc3c3ccccc32)c(-n2c3ccccc3c3ccccc32)c(C#N)c(-n2c3cccc(-c4ccccc4-c4ccccc4)c3c3c4sc5ccccc5c4ccc32)c1-n1c2ccccc2c2ccccc21. The van der Waals surface area contributed by atoms with E-state index in [0.717, 1.165) is 114 Å². The van der Waals surface area contributed by atoms with Gasteiger partial charge in [0, 0.05) is 63.3 Å². The number of benzene rings is 12. The van der Waals surface area contributed by atoms with Crippen LogP contribution in [0.15, 0.2) is 255 Å². The molecule has 0 aliphatic rings. The van der Waals surface area contributed by atoms with Crippen LogP contribution in [-0.4, -0.2) is 18.3 Å². The molecule has 81 heavy (non-hydrogen) atoms. The molecule has 0 unspecified atom stereocenters. The molecule has 5 aromatic heterocycles. The molecule has 0 amide bonds. The van der Waals surface area contributed by atoms with Gasteiger partial charge in [0.25, 0.3) is 0 Å². The van der Waals surface area contributed by atoms with Crippen molar-refractivity contribution in [1.82, 2.24) is 18.3 Å². The second-order valence-corrected chi connectivity index (χ2v) is 21.9. The molecule has 374 valence electrons. The minimum absolute atomic E-state index is 0.416. The fourth-order valence-electron chi connectivity index (χ4n) is 13.6. The predicted octanol–water partition coefficient (Wildman–Crippen LogP) is 19.5. The highest BCUT2D eigenvalue weighted by molar-refractivity contribution is 7.26. The van der Waals surface area contributed by atoms with Gasteiger partial charge in [-0.2, -0.15) is 10.5 Å². The molecule has 0 saturated carbocycles. The van der Waals surface area contributed by atoms with Gasteiger partial charge in [0.05, 0.1) is 66.9 Å². The van der Waals surface area contributed by atoms with Crippen molar-refractivity contribution in [3.8, 4) is 57.1 Å². The number of aromatic nitrogens is 4. The summed E-state index contributed by atoms with van der Waals surface area (Å²) in [7, 11) is 0. The van der Waals surface area contributed by atoms with Crippen molar-refractivity contribution in [1.29, 1.82) is 10.5 Å². The molecule has 0 N–H and O–H groups in total. The van der Waals surface area contributed by atoms with E-state index in [-0.39, 0.29) is 0 Å². The molecule has 0 saturated heterocycles. The van der Waals surface area contributed by atoms with E-state index in [9.17, 15) is 10.5 Å².